The van der Waals surface area contributed by atoms with Crippen LogP contribution in [0.4, 0.5) is 5.69 Å². The molecule has 0 aliphatic carbocycles. The van der Waals surface area contributed by atoms with E-state index in [2.05, 4.69) is 46.3 Å². The van der Waals surface area contributed by atoms with Crippen LogP contribution in [-0.2, 0) is 13.0 Å². The van der Waals surface area contributed by atoms with Gasteiger partial charge < -0.3 is 10.2 Å². The molecule has 3 nitrogen and oxygen atoms in total. The maximum Gasteiger partial charge on any atom is 0.173 e. The average molecular weight is 374 g/mol. The summed E-state index contributed by atoms with van der Waals surface area (Å²) in [5.74, 6) is 0. The third kappa shape index (κ3) is 4.94. The van der Waals surface area contributed by atoms with Gasteiger partial charge in [-0.1, -0.05) is 48.9 Å². The van der Waals surface area contributed by atoms with Gasteiger partial charge in [0.2, 0.25) is 0 Å². The maximum atomic E-state index is 6.08. The van der Waals surface area contributed by atoms with Gasteiger partial charge in [-0.05, 0) is 48.0 Å². The van der Waals surface area contributed by atoms with Crippen molar-refractivity contribution in [3.63, 3.8) is 0 Å². The number of nitrogens with zero attached hydrogens (tertiary/aromatic N) is 2. The van der Waals surface area contributed by atoms with Crippen molar-refractivity contribution in [2.24, 2.45) is 0 Å². The molecule has 5 heteroatoms. The van der Waals surface area contributed by atoms with E-state index in [1.807, 2.05) is 24.3 Å². The van der Waals surface area contributed by atoms with Gasteiger partial charge in [-0.25, -0.2) is 0 Å². The average Bonchev–Trinajstić information content (AvgIpc) is 2.63. The summed E-state index contributed by atoms with van der Waals surface area (Å²) in [6.07, 6.45) is 0.999. The molecule has 0 amide bonds. The van der Waals surface area contributed by atoms with Gasteiger partial charge in [0.15, 0.2) is 5.11 Å². The quantitative estimate of drug-likeness (QED) is 0.799. The standard InChI is InChI=1S/C20H24ClN3S/c1-2-17-7-3-4-9-19(17)22-20(25)24-12-10-23(11-13-24)15-16-6-5-8-18(21)14-16/h3-9,14H,2,10-13,15H2,1H3,(H,22,25). The van der Waals surface area contributed by atoms with Crippen molar-refractivity contribution in [1.29, 1.82) is 0 Å². The molecule has 0 saturated carbocycles. The smallest absolute Gasteiger partial charge is 0.173 e. The highest BCUT2D eigenvalue weighted by molar-refractivity contribution is 7.80. The predicted molar refractivity (Wildman–Crippen MR) is 110 cm³/mol. The molecule has 2 aromatic rings. The molecule has 1 heterocycles. The highest BCUT2D eigenvalue weighted by atomic mass is 35.5. The van der Waals surface area contributed by atoms with Gasteiger partial charge in [0, 0.05) is 43.4 Å². The molecule has 0 aromatic heterocycles. The van der Waals surface area contributed by atoms with Crippen LogP contribution in [0.25, 0.3) is 0 Å². The van der Waals surface area contributed by atoms with E-state index in [9.17, 15) is 0 Å². The molecule has 0 atom stereocenters. The minimum Gasteiger partial charge on any atom is -0.346 e. The molecule has 0 unspecified atom stereocenters. The Hall–Kier alpha value is -1.62. The molecule has 1 saturated heterocycles. The lowest BCUT2D eigenvalue weighted by Gasteiger charge is -2.36. The molecule has 1 aliphatic heterocycles. The number of thiocarbonyl (C=S) groups is 1. The molecule has 1 N–H and O–H groups in total. The Balaban J connectivity index is 1.52. The predicted octanol–water partition coefficient (Wildman–Crippen LogP) is 4.42. The first-order chi connectivity index (χ1) is 12.2. The Labute approximate surface area is 160 Å². The lowest BCUT2D eigenvalue weighted by atomic mass is 10.1. The largest absolute Gasteiger partial charge is 0.346 e. The van der Waals surface area contributed by atoms with Crippen LogP contribution in [0.1, 0.15) is 18.1 Å². The number of piperazine rings is 1. The highest BCUT2D eigenvalue weighted by Gasteiger charge is 2.19. The van der Waals surface area contributed by atoms with Crippen LogP contribution in [0, 0.1) is 0 Å². The number of rotatable bonds is 4. The Morgan fingerprint density at radius 2 is 1.84 bits per heavy atom. The summed E-state index contributed by atoms with van der Waals surface area (Å²) < 4.78 is 0. The third-order valence-corrected chi connectivity index (χ3v) is 5.19. The van der Waals surface area contributed by atoms with Crippen LogP contribution in [0.2, 0.25) is 5.02 Å². The first kappa shape index (κ1) is 18.2. The topological polar surface area (TPSA) is 18.5 Å². The number of hydrogen-bond acceptors (Lipinski definition) is 2. The Morgan fingerprint density at radius 3 is 2.56 bits per heavy atom. The van der Waals surface area contributed by atoms with Crippen LogP contribution in [0.5, 0.6) is 0 Å². The summed E-state index contributed by atoms with van der Waals surface area (Å²) in [6.45, 7) is 7.00. The summed E-state index contributed by atoms with van der Waals surface area (Å²) in [5.41, 5.74) is 3.68. The minimum absolute atomic E-state index is 0.802. The maximum absolute atomic E-state index is 6.08. The summed E-state index contributed by atoms with van der Waals surface area (Å²) in [5, 5.41) is 5.05. The second-order valence-corrected chi connectivity index (χ2v) is 7.16. The SMILES string of the molecule is CCc1ccccc1NC(=S)N1CCN(Cc2cccc(Cl)c2)CC1. The van der Waals surface area contributed by atoms with Gasteiger partial charge in [0.25, 0.3) is 0 Å². The molecule has 1 fully saturated rings. The Bertz CT molecular complexity index is 726. The molecule has 0 radical (unpaired) electrons. The fraction of sp³-hybridized carbons (Fsp3) is 0.350. The van der Waals surface area contributed by atoms with E-state index in [0.29, 0.717) is 0 Å². The van der Waals surface area contributed by atoms with E-state index in [4.69, 9.17) is 23.8 Å². The second-order valence-electron chi connectivity index (χ2n) is 6.33. The van der Waals surface area contributed by atoms with Gasteiger partial charge in [0.05, 0.1) is 0 Å². The van der Waals surface area contributed by atoms with Crippen LogP contribution >= 0.6 is 23.8 Å². The lowest BCUT2D eigenvalue weighted by Crippen LogP contribution is -2.49. The molecule has 25 heavy (non-hydrogen) atoms. The number of nitrogens with one attached hydrogen (secondary N) is 1. The normalized spacial score (nSPS) is 15.2. The van der Waals surface area contributed by atoms with Gasteiger partial charge in [-0.2, -0.15) is 0 Å². The zero-order valence-electron chi connectivity index (χ0n) is 14.5. The Kier molecular flexibility index (Phi) is 6.29. The van der Waals surface area contributed by atoms with Crippen LogP contribution in [0.15, 0.2) is 48.5 Å². The van der Waals surface area contributed by atoms with Crippen molar-refractivity contribution in [3.8, 4) is 0 Å². The zero-order valence-corrected chi connectivity index (χ0v) is 16.1. The summed E-state index contributed by atoms with van der Waals surface area (Å²) in [7, 11) is 0. The summed E-state index contributed by atoms with van der Waals surface area (Å²) in [6, 6.07) is 16.5. The van der Waals surface area contributed by atoms with Crippen molar-refractivity contribution in [2.45, 2.75) is 19.9 Å². The van der Waals surface area contributed by atoms with Crippen molar-refractivity contribution in [1.82, 2.24) is 9.80 Å². The first-order valence-corrected chi connectivity index (χ1v) is 9.55. The minimum atomic E-state index is 0.802. The molecule has 0 spiro atoms. The summed E-state index contributed by atoms with van der Waals surface area (Å²) >= 11 is 11.7. The van der Waals surface area contributed by atoms with Crippen molar-refractivity contribution in [2.75, 3.05) is 31.5 Å². The van der Waals surface area contributed by atoms with Crippen molar-refractivity contribution < 1.29 is 0 Å². The molecule has 1 aliphatic rings. The van der Waals surface area contributed by atoms with Crippen LogP contribution in [0.3, 0.4) is 0 Å². The second kappa shape index (κ2) is 8.65. The number of halogens is 1. The fourth-order valence-electron chi connectivity index (χ4n) is 3.15. The Morgan fingerprint density at radius 1 is 1.08 bits per heavy atom. The van der Waals surface area contributed by atoms with E-state index < -0.39 is 0 Å². The van der Waals surface area contributed by atoms with Crippen LogP contribution < -0.4 is 5.32 Å². The highest BCUT2D eigenvalue weighted by Crippen LogP contribution is 2.17. The van der Waals surface area contributed by atoms with E-state index >= 15 is 0 Å². The zero-order chi connectivity index (χ0) is 17.6. The fourth-order valence-corrected chi connectivity index (χ4v) is 3.65. The molecule has 2 aromatic carbocycles. The van der Waals surface area contributed by atoms with Gasteiger partial charge >= 0.3 is 0 Å². The van der Waals surface area contributed by atoms with E-state index in [1.54, 1.807) is 0 Å². The molecule has 0 bridgehead atoms. The van der Waals surface area contributed by atoms with E-state index in [0.717, 1.165) is 55.0 Å². The lowest BCUT2D eigenvalue weighted by molar-refractivity contribution is 0.177. The number of benzene rings is 2. The van der Waals surface area contributed by atoms with Gasteiger partial charge in [-0.3, -0.25) is 4.90 Å². The van der Waals surface area contributed by atoms with Gasteiger partial charge in [0.1, 0.15) is 0 Å². The molecular formula is C20H24ClN3S. The van der Waals surface area contributed by atoms with Crippen molar-refractivity contribution >= 4 is 34.6 Å². The number of hydrogen-bond donors (Lipinski definition) is 1. The molecule has 3 rings (SSSR count). The number of aryl methyl sites for hydroxylation is 1. The first-order valence-electron chi connectivity index (χ1n) is 8.76. The number of anilines is 1. The van der Waals surface area contributed by atoms with E-state index in [1.165, 1.54) is 11.1 Å². The van der Waals surface area contributed by atoms with Crippen LogP contribution in [-0.4, -0.2) is 41.1 Å². The van der Waals surface area contributed by atoms with Crippen molar-refractivity contribution in [3.05, 3.63) is 64.7 Å². The monoisotopic (exact) mass is 373 g/mol. The third-order valence-electron chi connectivity index (χ3n) is 4.59. The van der Waals surface area contributed by atoms with Gasteiger partial charge in [-0.15, -0.1) is 0 Å². The molecule has 132 valence electrons. The summed E-state index contributed by atoms with van der Waals surface area (Å²) in [4.78, 5) is 4.71. The molecular weight excluding hydrogens is 350 g/mol. The van der Waals surface area contributed by atoms with E-state index in [-0.39, 0.29) is 0 Å². The number of para-hydroxylation sites is 1.